The first-order chi connectivity index (χ1) is 10.2. The molecule has 0 aromatic heterocycles. The lowest BCUT2D eigenvalue weighted by Crippen LogP contribution is -2.39. The number of halogens is 1. The highest BCUT2D eigenvalue weighted by atomic mass is 35.5. The van der Waals surface area contributed by atoms with Crippen molar-refractivity contribution < 1.29 is 0 Å². The third-order valence-electron chi connectivity index (χ3n) is 4.16. The van der Waals surface area contributed by atoms with Crippen molar-refractivity contribution in [3.8, 4) is 6.07 Å². The maximum atomic E-state index is 8.77. The molecular formula is C18H17ClN2. The largest absolute Gasteiger partial charge is 0.310 e. The van der Waals surface area contributed by atoms with Crippen LogP contribution in [0.3, 0.4) is 0 Å². The Morgan fingerprint density at radius 3 is 2.33 bits per heavy atom. The Morgan fingerprint density at radius 1 is 1.05 bits per heavy atom. The maximum Gasteiger partial charge on any atom is 0.0991 e. The first-order valence-corrected chi connectivity index (χ1v) is 7.60. The van der Waals surface area contributed by atoms with Gasteiger partial charge in [0.1, 0.15) is 0 Å². The summed E-state index contributed by atoms with van der Waals surface area (Å²) >= 11 is 5.91. The molecule has 3 heteroatoms. The van der Waals surface area contributed by atoms with Gasteiger partial charge in [-0.25, -0.2) is 0 Å². The summed E-state index contributed by atoms with van der Waals surface area (Å²) in [5.41, 5.74) is 3.32. The number of nitrogens with one attached hydrogen (secondary N) is 1. The summed E-state index contributed by atoms with van der Waals surface area (Å²) in [6.45, 7) is 0.865. The Labute approximate surface area is 130 Å². The zero-order chi connectivity index (χ0) is 14.7. The van der Waals surface area contributed by atoms with E-state index in [-0.39, 0.29) is 0 Å². The van der Waals surface area contributed by atoms with Crippen LogP contribution in [-0.2, 0) is 6.54 Å². The van der Waals surface area contributed by atoms with Gasteiger partial charge >= 0.3 is 0 Å². The fourth-order valence-corrected chi connectivity index (χ4v) is 2.88. The molecule has 0 heterocycles. The first kappa shape index (κ1) is 14.1. The maximum absolute atomic E-state index is 8.77. The van der Waals surface area contributed by atoms with Crippen LogP contribution in [0.4, 0.5) is 0 Å². The van der Waals surface area contributed by atoms with Gasteiger partial charge in [0.2, 0.25) is 0 Å². The SMILES string of the molecule is N#Cc1ccc(CNC2CC(c3ccc(Cl)cc3)C2)cc1. The fraction of sp³-hybridized carbons (Fsp3) is 0.278. The molecule has 0 atom stereocenters. The van der Waals surface area contributed by atoms with Crippen molar-refractivity contribution >= 4 is 11.6 Å². The Kier molecular flexibility index (Phi) is 4.24. The van der Waals surface area contributed by atoms with E-state index in [1.165, 1.54) is 24.0 Å². The van der Waals surface area contributed by atoms with Crippen molar-refractivity contribution in [1.82, 2.24) is 5.32 Å². The van der Waals surface area contributed by atoms with Crippen molar-refractivity contribution in [3.05, 3.63) is 70.2 Å². The standard InChI is InChI=1S/C18H17ClN2/c19-17-7-5-15(6-8-17)16-9-18(10-16)21-12-14-3-1-13(11-20)2-4-14/h1-8,16,18,21H,9-10,12H2. The minimum absolute atomic E-state index is 0.585. The van der Waals surface area contributed by atoms with Crippen LogP contribution in [0, 0.1) is 11.3 Å². The molecule has 0 saturated heterocycles. The van der Waals surface area contributed by atoms with E-state index in [9.17, 15) is 0 Å². The third-order valence-corrected chi connectivity index (χ3v) is 4.41. The van der Waals surface area contributed by atoms with Crippen molar-refractivity contribution in [3.63, 3.8) is 0 Å². The smallest absolute Gasteiger partial charge is 0.0991 e. The minimum atomic E-state index is 0.585. The van der Waals surface area contributed by atoms with E-state index in [1.54, 1.807) is 0 Å². The molecule has 3 rings (SSSR count). The van der Waals surface area contributed by atoms with Crippen molar-refractivity contribution in [2.75, 3.05) is 0 Å². The van der Waals surface area contributed by atoms with E-state index < -0.39 is 0 Å². The van der Waals surface area contributed by atoms with Crippen LogP contribution in [0.25, 0.3) is 0 Å². The van der Waals surface area contributed by atoms with Gasteiger partial charge in [0.15, 0.2) is 0 Å². The van der Waals surface area contributed by atoms with E-state index in [0.29, 0.717) is 17.5 Å². The summed E-state index contributed by atoms with van der Waals surface area (Å²) in [5.74, 6) is 0.653. The van der Waals surface area contributed by atoms with Gasteiger partial charge in [-0.05, 0) is 54.2 Å². The van der Waals surface area contributed by atoms with Gasteiger partial charge in [-0.2, -0.15) is 5.26 Å². The zero-order valence-electron chi connectivity index (χ0n) is 11.7. The molecule has 21 heavy (non-hydrogen) atoms. The molecule has 0 radical (unpaired) electrons. The van der Waals surface area contributed by atoms with Gasteiger partial charge in [-0.15, -0.1) is 0 Å². The number of nitriles is 1. The Balaban J connectivity index is 1.46. The van der Waals surface area contributed by atoms with Gasteiger partial charge in [-0.1, -0.05) is 35.9 Å². The van der Waals surface area contributed by atoms with Crippen LogP contribution < -0.4 is 5.32 Å². The van der Waals surface area contributed by atoms with Crippen LogP contribution in [0.2, 0.25) is 5.02 Å². The molecule has 2 aromatic rings. The van der Waals surface area contributed by atoms with Gasteiger partial charge in [0.05, 0.1) is 11.6 Å². The summed E-state index contributed by atoms with van der Waals surface area (Å²) in [6, 6.07) is 18.7. The monoisotopic (exact) mass is 296 g/mol. The summed E-state index contributed by atoms with van der Waals surface area (Å²) in [7, 11) is 0. The van der Waals surface area contributed by atoms with Gasteiger partial charge in [0.25, 0.3) is 0 Å². The molecule has 0 unspecified atom stereocenters. The molecule has 1 aliphatic rings. The average Bonchev–Trinajstić information content (AvgIpc) is 2.48. The van der Waals surface area contributed by atoms with Crippen LogP contribution >= 0.6 is 11.6 Å². The first-order valence-electron chi connectivity index (χ1n) is 7.22. The quantitative estimate of drug-likeness (QED) is 0.915. The lowest BCUT2D eigenvalue weighted by molar-refractivity contribution is 0.289. The fourth-order valence-electron chi connectivity index (χ4n) is 2.75. The predicted octanol–water partition coefficient (Wildman–Crippen LogP) is 4.25. The molecule has 106 valence electrons. The van der Waals surface area contributed by atoms with Gasteiger partial charge < -0.3 is 5.32 Å². The summed E-state index contributed by atoms with van der Waals surface area (Å²) in [6.07, 6.45) is 2.36. The molecule has 1 N–H and O–H groups in total. The number of benzene rings is 2. The molecule has 1 saturated carbocycles. The molecule has 0 amide bonds. The number of hydrogen-bond donors (Lipinski definition) is 1. The molecule has 1 aliphatic carbocycles. The third kappa shape index (κ3) is 3.44. The van der Waals surface area contributed by atoms with Crippen molar-refractivity contribution in [1.29, 1.82) is 5.26 Å². The lowest BCUT2D eigenvalue weighted by atomic mass is 9.76. The summed E-state index contributed by atoms with van der Waals surface area (Å²) in [5, 5.41) is 13.1. The Hall–Kier alpha value is -1.82. The lowest BCUT2D eigenvalue weighted by Gasteiger charge is -2.36. The summed E-state index contributed by atoms with van der Waals surface area (Å²) < 4.78 is 0. The van der Waals surface area contributed by atoms with Crippen LogP contribution in [0.15, 0.2) is 48.5 Å². The van der Waals surface area contributed by atoms with E-state index >= 15 is 0 Å². The number of nitrogens with zero attached hydrogens (tertiary/aromatic N) is 1. The van der Waals surface area contributed by atoms with Crippen molar-refractivity contribution in [2.24, 2.45) is 0 Å². The van der Waals surface area contributed by atoms with Crippen LogP contribution in [0.5, 0.6) is 0 Å². The second-order valence-corrected chi connectivity index (χ2v) is 6.04. The molecule has 1 fully saturated rings. The van der Waals surface area contributed by atoms with Gasteiger partial charge in [0, 0.05) is 17.6 Å². The zero-order valence-corrected chi connectivity index (χ0v) is 12.5. The van der Waals surface area contributed by atoms with E-state index in [2.05, 4.69) is 23.5 Å². The Bertz CT molecular complexity index is 634. The number of rotatable bonds is 4. The van der Waals surface area contributed by atoms with Crippen LogP contribution in [0.1, 0.15) is 35.4 Å². The minimum Gasteiger partial charge on any atom is -0.310 e. The second kappa shape index (κ2) is 6.30. The van der Waals surface area contributed by atoms with Crippen LogP contribution in [-0.4, -0.2) is 6.04 Å². The van der Waals surface area contributed by atoms with E-state index in [4.69, 9.17) is 16.9 Å². The summed E-state index contributed by atoms with van der Waals surface area (Å²) in [4.78, 5) is 0. The second-order valence-electron chi connectivity index (χ2n) is 5.61. The highest BCUT2D eigenvalue weighted by Crippen LogP contribution is 2.37. The van der Waals surface area contributed by atoms with E-state index in [1.807, 2.05) is 36.4 Å². The average molecular weight is 297 g/mol. The highest BCUT2D eigenvalue weighted by Gasteiger charge is 2.29. The molecule has 0 spiro atoms. The predicted molar refractivity (Wildman–Crippen MR) is 85.2 cm³/mol. The number of hydrogen-bond acceptors (Lipinski definition) is 2. The van der Waals surface area contributed by atoms with E-state index in [0.717, 1.165) is 11.6 Å². The molecule has 0 bridgehead atoms. The van der Waals surface area contributed by atoms with Crippen molar-refractivity contribution in [2.45, 2.75) is 31.3 Å². The van der Waals surface area contributed by atoms with Gasteiger partial charge in [-0.3, -0.25) is 0 Å². The molecule has 2 nitrogen and oxygen atoms in total. The topological polar surface area (TPSA) is 35.8 Å². The highest BCUT2D eigenvalue weighted by molar-refractivity contribution is 6.30. The molecular weight excluding hydrogens is 280 g/mol. The normalized spacial score (nSPS) is 20.6. The Morgan fingerprint density at radius 2 is 1.71 bits per heavy atom. The molecule has 0 aliphatic heterocycles. The molecule has 2 aromatic carbocycles.